The summed E-state index contributed by atoms with van der Waals surface area (Å²) in [5.41, 5.74) is 2.99. The zero-order valence-electron chi connectivity index (χ0n) is 9.39. The fourth-order valence-corrected chi connectivity index (χ4v) is 2.91. The molecule has 1 aliphatic rings. The molecule has 0 aliphatic carbocycles. The molecule has 0 saturated heterocycles. The van der Waals surface area contributed by atoms with Crippen LogP contribution in [-0.4, -0.2) is 6.54 Å². The smallest absolute Gasteiger partial charge is 0.0325 e. The van der Waals surface area contributed by atoms with Gasteiger partial charge in [-0.2, -0.15) is 0 Å². The standard InChI is InChI=1S/C13H18BrN/c1-9(2)8-13-11-4-3-5-12(14)10(11)6-7-15-13/h3-5,9,13,15H,6-8H2,1-2H3. The van der Waals surface area contributed by atoms with Gasteiger partial charge in [0.25, 0.3) is 0 Å². The lowest BCUT2D eigenvalue weighted by atomic mass is 9.89. The average Bonchev–Trinajstić information content (AvgIpc) is 2.19. The maximum Gasteiger partial charge on any atom is 0.0325 e. The predicted molar refractivity (Wildman–Crippen MR) is 68.0 cm³/mol. The van der Waals surface area contributed by atoms with Gasteiger partial charge in [-0.05, 0) is 42.5 Å². The molecule has 0 fully saturated rings. The van der Waals surface area contributed by atoms with Crippen molar-refractivity contribution in [1.29, 1.82) is 0 Å². The first-order valence-corrected chi connectivity index (χ1v) is 6.48. The molecule has 2 heteroatoms. The Balaban J connectivity index is 2.30. The molecular formula is C13H18BrN. The van der Waals surface area contributed by atoms with E-state index in [1.54, 1.807) is 0 Å². The Morgan fingerprint density at radius 3 is 3.00 bits per heavy atom. The molecule has 1 unspecified atom stereocenters. The van der Waals surface area contributed by atoms with Gasteiger partial charge < -0.3 is 5.32 Å². The van der Waals surface area contributed by atoms with Gasteiger partial charge in [0, 0.05) is 10.5 Å². The topological polar surface area (TPSA) is 12.0 Å². The van der Waals surface area contributed by atoms with Crippen molar-refractivity contribution in [2.75, 3.05) is 6.54 Å². The summed E-state index contributed by atoms with van der Waals surface area (Å²) in [6, 6.07) is 7.10. The van der Waals surface area contributed by atoms with E-state index in [0.717, 1.165) is 18.9 Å². The van der Waals surface area contributed by atoms with Crippen LogP contribution in [0, 0.1) is 5.92 Å². The summed E-state index contributed by atoms with van der Waals surface area (Å²) in [4.78, 5) is 0. The van der Waals surface area contributed by atoms with Gasteiger partial charge in [-0.15, -0.1) is 0 Å². The van der Waals surface area contributed by atoms with Gasteiger partial charge in [0.05, 0.1) is 0 Å². The molecule has 1 aromatic carbocycles. The second-order valence-electron chi connectivity index (χ2n) is 4.69. The maximum atomic E-state index is 3.65. The Bertz CT molecular complexity index is 346. The van der Waals surface area contributed by atoms with Crippen molar-refractivity contribution in [3.8, 4) is 0 Å². The monoisotopic (exact) mass is 267 g/mol. The quantitative estimate of drug-likeness (QED) is 0.862. The van der Waals surface area contributed by atoms with Crippen LogP contribution in [0.3, 0.4) is 0 Å². The van der Waals surface area contributed by atoms with Crippen molar-refractivity contribution in [3.63, 3.8) is 0 Å². The molecule has 1 nitrogen and oxygen atoms in total. The second kappa shape index (κ2) is 4.67. The maximum absolute atomic E-state index is 3.65. The van der Waals surface area contributed by atoms with Crippen molar-refractivity contribution < 1.29 is 0 Å². The largest absolute Gasteiger partial charge is 0.310 e. The van der Waals surface area contributed by atoms with Crippen LogP contribution in [0.4, 0.5) is 0 Å². The highest BCUT2D eigenvalue weighted by Crippen LogP contribution is 2.32. The first-order valence-electron chi connectivity index (χ1n) is 5.69. The van der Waals surface area contributed by atoms with E-state index in [1.165, 1.54) is 22.0 Å². The third-order valence-electron chi connectivity index (χ3n) is 3.00. The van der Waals surface area contributed by atoms with Crippen LogP contribution in [0.25, 0.3) is 0 Å². The van der Waals surface area contributed by atoms with Crippen molar-refractivity contribution in [1.82, 2.24) is 5.32 Å². The molecule has 1 N–H and O–H groups in total. The lowest BCUT2D eigenvalue weighted by molar-refractivity contribution is 0.414. The van der Waals surface area contributed by atoms with Crippen LogP contribution in [0.1, 0.15) is 37.4 Å². The number of fused-ring (bicyclic) bond motifs is 1. The van der Waals surface area contributed by atoms with Crippen LogP contribution < -0.4 is 5.32 Å². The minimum absolute atomic E-state index is 0.547. The highest BCUT2D eigenvalue weighted by molar-refractivity contribution is 9.10. The summed E-state index contributed by atoms with van der Waals surface area (Å²) >= 11 is 3.65. The SMILES string of the molecule is CC(C)CC1NCCc2c(Br)cccc21. The minimum Gasteiger partial charge on any atom is -0.310 e. The number of benzene rings is 1. The summed E-state index contributed by atoms with van der Waals surface area (Å²) in [6.07, 6.45) is 2.37. The van der Waals surface area contributed by atoms with Gasteiger partial charge in [-0.3, -0.25) is 0 Å². The summed E-state index contributed by atoms with van der Waals surface area (Å²) in [6.45, 7) is 5.68. The Morgan fingerprint density at radius 1 is 1.47 bits per heavy atom. The fourth-order valence-electron chi connectivity index (χ4n) is 2.33. The van der Waals surface area contributed by atoms with E-state index < -0.39 is 0 Å². The van der Waals surface area contributed by atoms with E-state index in [0.29, 0.717) is 6.04 Å². The van der Waals surface area contributed by atoms with Crippen LogP contribution in [-0.2, 0) is 6.42 Å². The fraction of sp³-hybridized carbons (Fsp3) is 0.538. The third kappa shape index (κ3) is 2.43. The number of rotatable bonds is 2. The Morgan fingerprint density at radius 2 is 2.27 bits per heavy atom. The first kappa shape index (κ1) is 11.2. The van der Waals surface area contributed by atoms with E-state index in [1.807, 2.05) is 0 Å². The average molecular weight is 268 g/mol. The Labute approximate surface area is 100 Å². The van der Waals surface area contributed by atoms with E-state index in [2.05, 4.69) is 53.3 Å². The first-order chi connectivity index (χ1) is 7.18. The zero-order chi connectivity index (χ0) is 10.8. The summed E-state index contributed by atoms with van der Waals surface area (Å²) in [7, 11) is 0. The lowest BCUT2D eigenvalue weighted by Crippen LogP contribution is -2.30. The molecular weight excluding hydrogens is 250 g/mol. The van der Waals surface area contributed by atoms with E-state index in [9.17, 15) is 0 Å². The molecule has 1 atom stereocenters. The number of halogens is 1. The van der Waals surface area contributed by atoms with Crippen molar-refractivity contribution in [3.05, 3.63) is 33.8 Å². The highest BCUT2D eigenvalue weighted by atomic mass is 79.9. The highest BCUT2D eigenvalue weighted by Gasteiger charge is 2.21. The lowest BCUT2D eigenvalue weighted by Gasteiger charge is -2.29. The third-order valence-corrected chi connectivity index (χ3v) is 3.75. The molecule has 2 rings (SSSR count). The molecule has 0 saturated carbocycles. The Hall–Kier alpha value is -0.340. The molecule has 1 aliphatic heterocycles. The van der Waals surface area contributed by atoms with Crippen LogP contribution in [0.5, 0.6) is 0 Å². The Kier molecular flexibility index (Phi) is 3.47. The summed E-state index contributed by atoms with van der Waals surface area (Å²) in [5.74, 6) is 0.743. The van der Waals surface area contributed by atoms with Gasteiger partial charge in [0.1, 0.15) is 0 Å². The van der Waals surface area contributed by atoms with Gasteiger partial charge in [-0.25, -0.2) is 0 Å². The van der Waals surface area contributed by atoms with Crippen LogP contribution in [0.2, 0.25) is 0 Å². The zero-order valence-corrected chi connectivity index (χ0v) is 11.0. The molecule has 0 aromatic heterocycles. The van der Waals surface area contributed by atoms with Crippen molar-refractivity contribution in [2.24, 2.45) is 5.92 Å². The molecule has 1 heterocycles. The summed E-state index contributed by atoms with van der Waals surface area (Å²) in [5, 5.41) is 3.61. The van der Waals surface area contributed by atoms with Crippen molar-refractivity contribution >= 4 is 15.9 Å². The molecule has 1 aromatic rings. The van der Waals surface area contributed by atoms with Gasteiger partial charge in [0.15, 0.2) is 0 Å². The molecule has 15 heavy (non-hydrogen) atoms. The second-order valence-corrected chi connectivity index (χ2v) is 5.55. The molecule has 0 spiro atoms. The molecule has 0 radical (unpaired) electrons. The van der Waals surface area contributed by atoms with E-state index >= 15 is 0 Å². The molecule has 82 valence electrons. The van der Waals surface area contributed by atoms with Crippen LogP contribution in [0.15, 0.2) is 22.7 Å². The number of nitrogens with one attached hydrogen (secondary N) is 1. The number of hydrogen-bond acceptors (Lipinski definition) is 1. The summed E-state index contributed by atoms with van der Waals surface area (Å²) < 4.78 is 1.27. The van der Waals surface area contributed by atoms with Crippen LogP contribution >= 0.6 is 15.9 Å². The number of hydrogen-bond donors (Lipinski definition) is 1. The normalized spacial score (nSPS) is 20.4. The van der Waals surface area contributed by atoms with E-state index in [-0.39, 0.29) is 0 Å². The van der Waals surface area contributed by atoms with E-state index in [4.69, 9.17) is 0 Å². The van der Waals surface area contributed by atoms with Gasteiger partial charge >= 0.3 is 0 Å². The van der Waals surface area contributed by atoms with Gasteiger partial charge in [0.2, 0.25) is 0 Å². The van der Waals surface area contributed by atoms with Crippen molar-refractivity contribution in [2.45, 2.75) is 32.7 Å². The molecule has 0 bridgehead atoms. The minimum atomic E-state index is 0.547. The molecule has 0 amide bonds. The predicted octanol–water partition coefficient (Wildman–Crippen LogP) is 3.68. The van der Waals surface area contributed by atoms with Gasteiger partial charge in [-0.1, -0.05) is 41.9 Å².